The van der Waals surface area contributed by atoms with Crippen LogP contribution in [-0.2, 0) is 6.42 Å². The Bertz CT molecular complexity index is 442. The van der Waals surface area contributed by atoms with E-state index in [2.05, 4.69) is 31.0 Å². The minimum atomic E-state index is 0. The van der Waals surface area contributed by atoms with Crippen LogP contribution in [0.5, 0.6) is 0 Å². The third-order valence-corrected chi connectivity index (χ3v) is 4.01. The van der Waals surface area contributed by atoms with Crippen LogP contribution >= 0.6 is 24.2 Å². The van der Waals surface area contributed by atoms with Gasteiger partial charge in [-0.15, -0.1) is 12.4 Å². The molecule has 94 valence electrons. The van der Waals surface area contributed by atoms with Crippen LogP contribution in [0.25, 0.3) is 0 Å². The first-order valence-corrected chi connectivity index (χ1v) is 6.30. The molecule has 1 unspecified atom stereocenters. The lowest BCUT2D eigenvalue weighted by Gasteiger charge is -2.23. The van der Waals surface area contributed by atoms with Crippen molar-refractivity contribution in [3.8, 4) is 0 Å². The summed E-state index contributed by atoms with van der Waals surface area (Å²) in [5.74, 6) is 0.185. The number of hydrogen-bond donors (Lipinski definition) is 2. The average Bonchev–Trinajstić information content (AvgIpc) is 2.15. The fourth-order valence-electron chi connectivity index (χ4n) is 2.11. The first kappa shape index (κ1) is 14.2. The number of halogens is 1. The van der Waals surface area contributed by atoms with E-state index in [-0.39, 0.29) is 23.7 Å². The predicted molar refractivity (Wildman–Crippen MR) is 76.9 cm³/mol. The Morgan fingerprint density at radius 2 is 2.06 bits per heavy atom. The van der Waals surface area contributed by atoms with Crippen molar-refractivity contribution in [3.05, 3.63) is 28.8 Å². The fourth-order valence-corrected chi connectivity index (χ4v) is 3.48. The topological polar surface area (TPSA) is 64.4 Å². The third kappa shape index (κ3) is 3.30. The van der Waals surface area contributed by atoms with Crippen LogP contribution in [0.15, 0.2) is 22.0 Å². The fraction of sp³-hybridized carbons (Fsp3) is 0.417. The van der Waals surface area contributed by atoms with Gasteiger partial charge in [0.25, 0.3) is 0 Å². The van der Waals surface area contributed by atoms with Crippen molar-refractivity contribution in [3.63, 3.8) is 0 Å². The van der Waals surface area contributed by atoms with Crippen LogP contribution in [0.2, 0.25) is 0 Å². The Morgan fingerprint density at radius 1 is 1.35 bits per heavy atom. The molecule has 1 atom stereocenters. The van der Waals surface area contributed by atoms with E-state index in [0.717, 1.165) is 12.8 Å². The monoisotopic (exact) mass is 271 g/mol. The van der Waals surface area contributed by atoms with Gasteiger partial charge < -0.3 is 11.5 Å². The molecule has 1 heterocycles. The Hall–Kier alpha value is -0.870. The molecule has 3 nitrogen and oxygen atoms in total. The molecule has 5 heteroatoms. The van der Waals surface area contributed by atoms with Crippen molar-refractivity contribution in [2.75, 3.05) is 0 Å². The third-order valence-electron chi connectivity index (χ3n) is 2.77. The second-order valence-corrected chi connectivity index (χ2v) is 5.44. The molecule has 0 radical (unpaired) electrons. The number of fused-ring (bicyclic) bond motifs is 1. The van der Waals surface area contributed by atoms with E-state index in [1.165, 1.54) is 21.6 Å². The molecule has 4 N–H and O–H groups in total. The number of guanidine groups is 1. The molecule has 1 aliphatic rings. The summed E-state index contributed by atoms with van der Waals surface area (Å²) in [6.45, 7) is 4.30. The second-order valence-electron chi connectivity index (χ2n) is 4.22. The second kappa shape index (κ2) is 5.65. The van der Waals surface area contributed by atoms with Gasteiger partial charge in [0.1, 0.15) is 5.37 Å². The largest absolute Gasteiger partial charge is 0.370 e. The summed E-state index contributed by atoms with van der Waals surface area (Å²) in [6, 6.07) is 4.46. The Kier molecular flexibility index (Phi) is 4.71. The highest BCUT2D eigenvalue weighted by molar-refractivity contribution is 8.00. The maximum absolute atomic E-state index is 5.42. The summed E-state index contributed by atoms with van der Waals surface area (Å²) in [7, 11) is 0. The summed E-state index contributed by atoms with van der Waals surface area (Å²) >= 11 is 1.77. The summed E-state index contributed by atoms with van der Waals surface area (Å²) in [5, 5.41) is 0.179. The Labute approximate surface area is 112 Å². The first-order chi connectivity index (χ1) is 7.56. The lowest BCUT2D eigenvalue weighted by atomic mass is 10.0. The molecule has 17 heavy (non-hydrogen) atoms. The van der Waals surface area contributed by atoms with Gasteiger partial charge in [-0.2, -0.15) is 0 Å². The van der Waals surface area contributed by atoms with Gasteiger partial charge in [0.15, 0.2) is 5.96 Å². The van der Waals surface area contributed by atoms with Gasteiger partial charge in [-0.05, 0) is 49.4 Å². The van der Waals surface area contributed by atoms with E-state index in [1.54, 1.807) is 11.8 Å². The zero-order chi connectivity index (χ0) is 11.7. The Balaban J connectivity index is 0.00000144. The molecule has 0 saturated heterocycles. The minimum Gasteiger partial charge on any atom is -0.370 e. The van der Waals surface area contributed by atoms with E-state index >= 15 is 0 Å². The summed E-state index contributed by atoms with van der Waals surface area (Å²) in [6.07, 6.45) is 2.08. The molecular weight excluding hydrogens is 254 g/mol. The van der Waals surface area contributed by atoms with Crippen molar-refractivity contribution in [1.29, 1.82) is 0 Å². The van der Waals surface area contributed by atoms with E-state index in [0.29, 0.717) is 0 Å². The number of benzene rings is 1. The number of aliphatic imine (C=N–C) groups is 1. The smallest absolute Gasteiger partial charge is 0.187 e. The quantitative estimate of drug-likeness (QED) is 0.609. The van der Waals surface area contributed by atoms with E-state index < -0.39 is 0 Å². The molecule has 0 saturated carbocycles. The van der Waals surface area contributed by atoms with Gasteiger partial charge in [0.05, 0.1) is 0 Å². The molecule has 0 aromatic heterocycles. The highest BCUT2D eigenvalue weighted by atomic mass is 35.5. The number of nitrogens with zero attached hydrogens (tertiary/aromatic N) is 1. The van der Waals surface area contributed by atoms with Crippen molar-refractivity contribution in [2.24, 2.45) is 16.5 Å². The van der Waals surface area contributed by atoms with Gasteiger partial charge in [0.2, 0.25) is 0 Å². The zero-order valence-corrected chi connectivity index (χ0v) is 11.7. The highest BCUT2D eigenvalue weighted by Gasteiger charge is 2.20. The molecule has 0 bridgehead atoms. The molecule has 0 amide bonds. The van der Waals surface area contributed by atoms with Crippen LogP contribution in [0.4, 0.5) is 0 Å². The summed E-state index contributed by atoms with van der Waals surface area (Å²) in [4.78, 5) is 5.56. The van der Waals surface area contributed by atoms with Crippen LogP contribution in [-0.4, -0.2) is 11.3 Å². The lowest BCUT2D eigenvalue weighted by molar-refractivity contribution is 0.752. The molecular formula is C12H18ClN3S. The van der Waals surface area contributed by atoms with Crippen LogP contribution in [0.1, 0.15) is 23.1 Å². The molecule has 1 aromatic carbocycles. The van der Waals surface area contributed by atoms with Crippen molar-refractivity contribution in [2.45, 2.75) is 37.0 Å². The van der Waals surface area contributed by atoms with E-state index in [1.807, 2.05) is 0 Å². The standard InChI is InChI=1S/C12H17N3S.ClH/c1-7-5-8(2)9-3-4-11(15-12(13)14)16-10(9)6-7;/h5-6,11H,3-4H2,1-2H3,(H4,13,14,15);1H. The Morgan fingerprint density at radius 3 is 2.71 bits per heavy atom. The number of rotatable bonds is 1. The van der Waals surface area contributed by atoms with Gasteiger partial charge in [0, 0.05) is 4.90 Å². The lowest BCUT2D eigenvalue weighted by Crippen LogP contribution is -2.25. The van der Waals surface area contributed by atoms with Gasteiger partial charge >= 0.3 is 0 Å². The number of nitrogens with two attached hydrogens (primary N) is 2. The predicted octanol–water partition coefficient (Wildman–Crippen LogP) is 2.36. The summed E-state index contributed by atoms with van der Waals surface area (Å²) in [5.41, 5.74) is 15.0. The van der Waals surface area contributed by atoms with Crippen molar-refractivity contribution >= 4 is 30.1 Å². The van der Waals surface area contributed by atoms with Crippen LogP contribution in [0.3, 0.4) is 0 Å². The van der Waals surface area contributed by atoms with Crippen LogP contribution < -0.4 is 11.5 Å². The SMILES string of the molecule is Cc1cc(C)c2c(c1)SC(N=C(N)N)CC2.Cl. The van der Waals surface area contributed by atoms with Crippen molar-refractivity contribution < 1.29 is 0 Å². The van der Waals surface area contributed by atoms with Gasteiger partial charge in [-0.1, -0.05) is 17.8 Å². The van der Waals surface area contributed by atoms with E-state index in [4.69, 9.17) is 11.5 Å². The molecule has 1 aliphatic heterocycles. The number of hydrogen-bond acceptors (Lipinski definition) is 2. The normalized spacial score (nSPS) is 17.9. The van der Waals surface area contributed by atoms with Crippen molar-refractivity contribution in [1.82, 2.24) is 0 Å². The maximum atomic E-state index is 5.42. The molecule has 2 rings (SSSR count). The van der Waals surface area contributed by atoms with Crippen LogP contribution in [0, 0.1) is 13.8 Å². The number of thioether (sulfide) groups is 1. The highest BCUT2D eigenvalue weighted by Crippen LogP contribution is 2.37. The van der Waals surface area contributed by atoms with Gasteiger partial charge in [-0.3, -0.25) is 0 Å². The summed E-state index contributed by atoms with van der Waals surface area (Å²) < 4.78 is 0. The zero-order valence-electron chi connectivity index (χ0n) is 10.1. The van der Waals surface area contributed by atoms with E-state index in [9.17, 15) is 0 Å². The average molecular weight is 272 g/mol. The first-order valence-electron chi connectivity index (χ1n) is 5.42. The molecule has 1 aromatic rings. The molecule has 0 aliphatic carbocycles. The maximum Gasteiger partial charge on any atom is 0.187 e. The minimum absolute atomic E-state index is 0. The molecule has 0 fully saturated rings. The molecule has 0 spiro atoms. The number of aryl methyl sites for hydroxylation is 2. The van der Waals surface area contributed by atoms with Gasteiger partial charge in [-0.25, -0.2) is 4.99 Å².